The van der Waals surface area contributed by atoms with Gasteiger partial charge < -0.3 is 10.0 Å². The van der Waals surface area contributed by atoms with E-state index in [0.717, 1.165) is 31.4 Å². The largest absolute Gasteiger partial charge is 0.390 e. The predicted octanol–water partition coefficient (Wildman–Crippen LogP) is 2.11. The molecular weight excluding hydrogens is 202 g/mol. The second kappa shape index (κ2) is 5.48. The number of carbonyl (C=O) groups is 1. The van der Waals surface area contributed by atoms with Crippen LogP contribution in [0.4, 0.5) is 0 Å². The van der Waals surface area contributed by atoms with E-state index in [-0.39, 0.29) is 5.91 Å². The molecule has 0 aromatic rings. The zero-order valence-electron chi connectivity index (χ0n) is 10.6. The molecule has 1 aliphatic heterocycles. The van der Waals surface area contributed by atoms with Gasteiger partial charge in [-0.25, -0.2) is 0 Å². The third-order valence-corrected chi connectivity index (χ3v) is 3.20. The minimum Gasteiger partial charge on any atom is -0.390 e. The van der Waals surface area contributed by atoms with Crippen LogP contribution in [0.1, 0.15) is 46.5 Å². The van der Waals surface area contributed by atoms with Gasteiger partial charge in [-0.15, -0.1) is 0 Å². The number of rotatable bonds is 2. The summed E-state index contributed by atoms with van der Waals surface area (Å²) in [6.45, 7) is 7.19. The van der Waals surface area contributed by atoms with Crippen molar-refractivity contribution in [3.05, 3.63) is 11.6 Å². The molecule has 1 unspecified atom stereocenters. The molecule has 92 valence electrons. The molecule has 16 heavy (non-hydrogen) atoms. The van der Waals surface area contributed by atoms with Gasteiger partial charge in [0.1, 0.15) is 0 Å². The molecule has 0 radical (unpaired) electrons. The zero-order valence-corrected chi connectivity index (χ0v) is 10.6. The lowest BCUT2D eigenvalue weighted by atomic mass is 9.98. The quantitative estimate of drug-likeness (QED) is 0.731. The van der Waals surface area contributed by atoms with Crippen LogP contribution in [0.15, 0.2) is 11.6 Å². The van der Waals surface area contributed by atoms with Crippen LogP contribution in [0.2, 0.25) is 0 Å². The van der Waals surface area contributed by atoms with Crippen LogP contribution < -0.4 is 0 Å². The molecule has 0 aromatic heterocycles. The maximum Gasteiger partial charge on any atom is 0.249 e. The van der Waals surface area contributed by atoms with Gasteiger partial charge in [-0.2, -0.15) is 0 Å². The number of nitrogens with zero attached hydrogens (tertiary/aromatic N) is 1. The Balaban J connectivity index is 2.61. The molecule has 1 aliphatic rings. The molecule has 3 heteroatoms. The highest BCUT2D eigenvalue weighted by Crippen LogP contribution is 2.22. The van der Waals surface area contributed by atoms with Gasteiger partial charge >= 0.3 is 0 Å². The maximum atomic E-state index is 12.0. The smallest absolute Gasteiger partial charge is 0.249 e. The molecule has 1 N–H and O–H groups in total. The van der Waals surface area contributed by atoms with Crippen molar-refractivity contribution in [2.45, 2.75) is 52.1 Å². The highest BCUT2D eigenvalue weighted by Gasteiger charge is 2.27. The number of hydrogen-bond donors (Lipinski definition) is 1. The van der Waals surface area contributed by atoms with Gasteiger partial charge in [0.2, 0.25) is 5.91 Å². The monoisotopic (exact) mass is 225 g/mol. The van der Waals surface area contributed by atoms with Crippen LogP contribution in [-0.2, 0) is 4.79 Å². The highest BCUT2D eigenvalue weighted by atomic mass is 16.3. The van der Waals surface area contributed by atoms with Crippen molar-refractivity contribution in [1.29, 1.82) is 0 Å². The first kappa shape index (κ1) is 13.2. The summed E-state index contributed by atoms with van der Waals surface area (Å²) in [6.07, 6.45) is 5.21. The molecule has 0 spiro atoms. The summed E-state index contributed by atoms with van der Waals surface area (Å²) in [4.78, 5) is 13.9. The summed E-state index contributed by atoms with van der Waals surface area (Å²) in [5.41, 5.74) is 0.223. The standard InChI is InChI=1S/C13H23NO2/c1-4-6-11(2)12(15)14-9-5-7-13(3,16)8-10-14/h6,16H,4-5,7-10H2,1-3H3/b11-6-. The van der Waals surface area contributed by atoms with Crippen molar-refractivity contribution in [3.8, 4) is 0 Å². The van der Waals surface area contributed by atoms with E-state index in [1.165, 1.54) is 0 Å². The Morgan fingerprint density at radius 2 is 2.12 bits per heavy atom. The predicted molar refractivity (Wildman–Crippen MR) is 65.1 cm³/mol. The van der Waals surface area contributed by atoms with Crippen molar-refractivity contribution < 1.29 is 9.90 Å². The van der Waals surface area contributed by atoms with Gasteiger partial charge in [0.15, 0.2) is 0 Å². The Bertz CT molecular complexity index is 282. The Kier molecular flexibility index (Phi) is 4.54. The zero-order chi connectivity index (χ0) is 12.2. The van der Waals surface area contributed by atoms with E-state index in [1.54, 1.807) is 0 Å². The van der Waals surface area contributed by atoms with E-state index in [0.29, 0.717) is 13.0 Å². The van der Waals surface area contributed by atoms with Crippen molar-refractivity contribution >= 4 is 5.91 Å². The summed E-state index contributed by atoms with van der Waals surface area (Å²) in [5.74, 6) is 0.125. The molecular formula is C13H23NO2. The molecule has 1 fully saturated rings. The molecule has 1 saturated heterocycles. The van der Waals surface area contributed by atoms with Crippen molar-refractivity contribution in [2.75, 3.05) is 13.1 Å². The normalized spacial score (nSPS) is 27.8. The van der Waals surface area contributed by atoms with Gasteiger partial charge in [-0.05, 0) is 39.5 Å². The first-order valence-electron chi connectivity index (χ1n) is 6.14. The molecule has 0 saturated carbocycles. The fraction of sp³-hybridized carbons (Fsp3) is 0.769. The maximum absolute atomic E-state index is 12.0. The van der Waals surface area contributed by atoms with Crippen molar-refractivity contribution in [3.63, 3.8) is 0 Å². The molecule has 1 amide bonds. The molecule has 1 rings (SSSR count). The van der Waals surface area contributed by atoms with Crippen LogP contribution in [0.25, 0.3) is 0 Å². The number of allylic oxidation sites excluding steroid dienone is 1. The highest BCUT2D eigenvalue weighted by molar-refractivity contribution is 5.92. The van der Waals surface area contributed by atoms with Crippen molar-refractivity contribution in [1.82, 2.24) is 4.90 Å². The van der Waals surface area contributed by atoms with Gasteiger partial charge in [-0.3, -0.25) is 4.79 Å². The van der Waals surface area contributed by atoms with Gasteiger partial charge in [0, 0.05) is 18.7 Å². The molecule has 3 nitrogen and oxygen atoms in total. The average Bonchev–Trinajstić information content (AvgIpc) is 2.39. The summed E-state index contributed by atoms with van der Waals surface area (Å²) < 4.78 is 0. The third kappa shape index (κ3) is 3.63. The lowest BCUT2D eigenvalue weighted by Crippen LogP contribution is -2.34. The molecule has 0 aromatic carbocycles. The number of aliphatic hydroxyl groups is 1. The van der Waals surface area contributed by atoms with Crippen LogP contribution in [0.5, 0.6) is 0 Å². The minimum atomic E-state index is -0.600. The number of hydrogen-bond acceptors (Lipinski definition) is 2. The summed E-state index contributed by atoms with van der Waals surface area (Å²) in [6, 6.07) is 0. The fourth-order valence-electron chi connectivity index (χ4n) is 2.11. The fourth-order valence-corrected chi connectivity index (χ4v) is 2.11. The van der Waals surface area contributed by atoms with Crippen LogP contribution >= 0.6 is 0 Å². The second-order valence-corrected chi connectivity index (χ2v) is 4.94. The van der Waals surface area contributed by atoms with Crippen LogP contribution in [-0.4, -0.2) is 34.6 Å². The van der Waals surface area contributed by atoms with Crippen LogP contribution in [0.3, 0.4) is 0 Å². The van der Waals surface area contributed by atoms with Crippen LogP contribution in [0, 0.1) is 0 Å². The first-order chi connectivity index (χ1) is 7.46. The summed E-state index contributed by atoms with van der Waals surface area (Å²) in [7, 11) is 0. The Hall–Kier alpha value is -0.830. The second-order valence-electron chi connectivity index (χ2n) is 4.94. The number of likely N-dealkylation sites (tertiary alicyclic amines) is 1. The van der Waals surface area contributed by atoms with E-state index in [9.17, 15) is 9.90 Å². The third-order valence-electron chi connectivity index (χ3n) is 3.20. The van der Waals surface area contributed by atoms with Gasteiger partial charge in [0.05, 0.1) is 5.60 Å². The lowest BCUT2D eigenvalue weighted by Gasteiger charge is -2.22. The SMILES string of the molecule is CC/C=C(/C)C(=O)N1CCCC(C)(O)CC1. The number of amides is 1. The Labute approximate surface area is 98.1 Å². The molecule has 1 heterocycles. The van der Waals surface area contributed by atoms with Gasteiger partial charge in [-0.1, -0.05) is 13.0 Å². The van der Waals surface area contributed by atoms with E-state index >= 15 is 0 Å². The lowest BCUT2D eigenvalue weighted by molar-refractivity contribution is -0.127. The van der Waals surface area contributed by atoms with Gasteiger partial charge in [0.25, 0.3) is 0 Å². The van der Waals surface area contributed by atoms with E-state index < -0.39 is 5.60 Å². The molecule has 0 aliphatic carbocycles. The average molecular weight is 225 g/mol. The topological polar surface area (TPSA) is 40.5 Å². The first-order valence-corrected chi connectivity index (χ1v) is 6.14. The van der Waals surface area contributed by atoms with E-state index in [4.69, 9.17) is 0 Å². The van der Waals surface area contributed by atoms with E-state index in [1.807, 2.05) is 31.7 Å². The summed E-state index contributed by atoms with van der Waals surface area (Å²) in [5, 5.41) is 9.94. The molecule has 1 atom stereocenters. The van der Waals surface area contributed by atoms with Crippen molar-refractivity contribution in [2.24, 2.45) is 0 Å². The Morgan fingerprint density at radius 3 is 2.75 bits per heavy atom. The summed E-state index contributed by atoms with van der Waals surface area (Å²) >= 11 is 0. The number of carbonyl (C=O) groups excluding carboxylic acids is 1. The Morgan fingerprint density at radius 1 is 1.44 bits per heavy atom. The minimum absolute atomic E-state index is 0.125. The van der Waals surface area contributed by atoms with E-state index in [2.05, 4.69) is 0 Å². The molecule has 0 bridgehead atoms.